The van der Waals surface area contributed by atoms with Crippen LogP contribution < -0.4 is 0 Å². The molecular formula is C25H24FN3O3S2. The second-order valence-electron chi connectivity index (χ2n) is 8.27. The maximum Gasteiger partial charge on any atom is 0.237 e. The Morgan fingerprint density at radius 2 is 1.76 bits per heavy atom. The van der Waals surface area contributed by atoms with E-state index in [0.717, 1.165) is 21.9 Å². The van der Waals surface area contributed by atoms with E-state index in [1.807, 2.05) is 24.3 Å². The van der Waals surface area contributed by atoms with Crippen molar-refractivity contribution in [2.45, 2.75) is 12.3 Å². The van der Waals surface area contributed by atoms with Crippen LogP contribution >= 0.6 is 11.3 Å². The molecule has 0 atom stereocenters. The van der Waals surface area contributed by atoms with Crippen LogP contribution in [0, 0.1) is 17.1 Å². The second-order valence-corrected chi connectivity index (χ2v) is 11.5. The Morgan fingerprint density at radius 3 is 2.44 bits per heavy atom. The van der Waals surface area contributed by atoms with Gasteiger partial charge in [0, 0.05) is 42.5 Å². The minimum absolute atomic E-state index is 0.226. The number of halogens is 1. The van der Waals surface area contributed by atoms with Crippen LogP contribution in [0.2, 0.25) is 0 Å². The molecule has 2 heterocycles. The number of piperazine rings is 1. The summed E-state index contributed by atoms with van der Waals surface area (Å²) >= 11 is 1.62. The molecule has 34 heavy (non-hydrogen) atoms. The molecular weight excluding hydrogens is 473 g/mol. The molecule has 176 valence electrons. The van der Waals surface area contributed by atoms with Gasteiger partial charge < -0.3 is 4.90 Å². The number of carbonyl (C=O) groups is 1. The van der Waals surface area contributed by atoms with Crippen molar-refractivity contribution >= 4 is 27.1 Å². The first kappa shape index (κ1) is 24.1. The lowest BCUT2D eigenvalue weighted by Crippen LogP contribution is -2.49. The second kappa shape index (κ2) is 10.5. The Bertz CT molecular complexity index is 1310. The minimum atomic E-state index is -3.60. The van der Waals surface area contributed by atoms with E-state index in [1.165, 1.54) is 12.1 Å². The third-order valence-corrected chi connectivity index (χ3v) is 8.27. The zero-order valence-electron chi connectivity index (χ0n) is 18.5. The number of hydrogen-bond donors (Lipinski definition) is 0. The van der Waals surface area contributed by atoms with Gasteiger partial charge in [-0.3, -0.25) is 9.69 Å². The highest BCUT2D eigenvalue weighted by Crippen LogP contribution is 2.29. The maximum absolute atomic E-state index is 13.5. The van der Waals surface area contributed by atoms with Gasteiger partial charge in [0.25, 0.3) is 0 Å². The quantitative estimate of drug-likeness (QED) is 0.497. The Balaban J connectivity index is 1.27. The summed E-state index contributed by atoms with van der Waals surface area (Å²) < 4.78 is 38.5. The summed E-state index contributed by atoms with van der Waals surface area (Å²) in [5.74, 6) is -1.38. The predicted octanol–water partition coefficient (Wildman–Crippen LogP) is 3.69. The Morgan fingerprint density at radius 1 is 1.03 bits per heavy atom. The monoisotopic (exact) mass is 497 g/mol. The van der Waals surface area contributed by atoms with Gasteiger partial charge in [-0.1, -0.05) is 24.3 Å². The van der Waals surface area contributed by atoms with Crippen LogP contribution in [0.25, 0.3) is 10.4 Å². The van der Waals surface area contributed by atoms with Crippen molar-refractivity contribution in [3.05, 3.63) is 82.5 Å². The molecule has 0 N–H and O–H groups in total. The first-order valence-corrected chi connectivity index (χ1v) is 13.5. The number of rotatable bonds is 7. The summed E-state index contributed by atoms with van der Waals surface area (Å²) in [5.41, 5.74) is 1.88. The lowest BCUT2D eigenvalue weighted by molar-refractivity contribution is -0.130. The smallest absolute Gasteiger partial charge is 0.237 e. The maximum atomic E-state index is 13.5. The highest BCUT2D eigenvalue weighted by molar-refractivity contribution is 7.91. The summed E-state index contributed by atoms with van der Waals surface area (Å²) in [6.07, 6.45) is 0. The molecule has 1 saturated heterocycles. The number of benzene rings is 2. The normalized spacial score (nSPS) is 14.6. The van der Waals surface area contributed by atoms with Crippen molar-refractivity contribution in [2.75, 3.05) is 31.9 Å². The average Bonchev–Trinajstić information content (AvgIpc) is 3.28. The van der Waals surface area contributed by atoms with E-state index < -0.39 is 15.6 Å². The molecule has 1 aliphatic heterocycles. The van der Waals surface area contributed by atoms with Gasteiger partial charge >= 0.3 is 0 Å². The Hall–Kier alpha value is -3.06. The molecule has 0 saturated carbocycles. The van der Waals surface area contributed by atoms with E-state index >= 15 is 0 Å². The number of carbonyl (C=O) groups excluding carboxylic acids is 1. The van der Waals surface area contributed by atoms with Gasteiger partial charge in [-0.2, -0.15) is 5.26 Å². The number of amides is 1. The molecule has 4 rings (SSSR count). The van der Waals surface area contributed by atoms with Gasteiger partial charge in [0.1, 0.15) is 11.6 Å². The highest BCUT2D eigenvalue weighted by atomic mass is 32.2. The summed E-state index contributed by atoms with van der Waals surface area (Å²) in [6.45, 7) is 3.02. The third-order valence-electron chi connectivity index (χ3n) is 5.69. The van der Waals surface area contributed by atoms with Crippen LogP contribution in [0.5, 0.6) is 0 Å². The van der Waals surface area contributed by atoms with Crippen molar-refractivity contribution < 1.29 is 17.6 Å². The van der Waals surface area contributed by atoms with E-state index in [1.54, 1.807) is 46.6 Å². The molecule has 1 fully saturated rings. The molecule has 0 unspecified atom stereocenters. The Labute approximate surface area is 202 Å². The van der Waals surface area contributed by atoms with Crippen molar-refractivity contribution in [1.29, 1.82) is 5.26 Å². The SMILES string of the molecule is N#Cc1ccc(CS(=O)(=O)CC(=O)N2CCN(Cc3ccc(-c4cccc(F)c4)s3)CC2)cc1. The molecule has 2 aromatic carbocycles. The van der Waals surface area contributed by atoms with Crippen LogP contribution in [-0.4, -0.2) is 56.1 Å². The molecule has 9 heteroatoms. The van der Waals surface area contributed by atoms with Gasteiger partial charge in [0.15, 0.2) is 9.84 Å². The standard InChI is InChI=1S/C25H24FN3O3S2/c26-22-3-1-2-21(14-22)24-9-8-23(33-24)16-28-10-12-29(13-11-28)25(30)18-34(31,32)17-20-6-4-19(15-27)5-7-20/h1-9,14H,10-13,16-18H2. The van der Waals surface area contributed by atoms with Crippen molar-refractivity contribution in [1.82, 2.24) is 9.80 Å². The fourth-order valence-electron chi connectivity index (χ4n) is 3.90. The lowest BCUT2D eigenvalue weighted by Gasteiger charge is -2.34. The van der Waals surface area contributed by atoms with Crippen molar-refractivity contribution in [3.8, 4) is 16.5 Å². The fraction of sp³-hybridized carbons (Fsp3) is 0.280. The van der Waals surface area contributed by atoms with Gasteiger partial charge in [-0.15, -0.1) is 11.3 Å². The number of sulfone groups is 1. The van der Waals surface area contributed by atoms with Crippen LogP contribution in [0.4, 0.5) is 4.39 Å². The van der Waals surface area contributed by atoms with Gasteiger partial charge in [0.2, 0.25) is 5.91 Å². The first-order valence-electron chi connectivity index (χ1n) is 10.9. The van der Waals surface area contributed by atoms with Crippen LogP contribution in [0.1, 0.15) is 16.0 Å². The summed E-state index contributed by atoms with van der Waals surface area (Å²) in [7, 11) is -3.60. The van der Waals surface area contributed by atoms with E-state index in [4.69, 9.17) is 5.26 Å². The molecule has 0 aliphatic carbocycles. The zero-order chi connectivity index (χ0) is 24.1. The molecule has 0 bridgehead atoms. The number of nitrogens with zero attached hydrogens (tertiary/aromatic N) is 3. The van der Waals surface area contributed by atoms with Gasteiger partial charge in [-0.25, -0.2) is 12.8 Å². The number of thiophene rings is 1. The fourth-order valence-corrected chi connectivity index (χ4v) is 6.30. The molecule has 6 nitrogen and oxygen atoms in total. The first-order chi connectivity index (χ1) is 16.3. The zero-order valence-corrected chi connectivity index (χ0v) is 20.1. The summed E-state index contributed by atoms with van der Waals surface area (Å²) in [6, 6.07) is 18.9. The van der Waals surface area contributed by atoms with E-state index in [0.29, 0.717) is 37.3 Å². The van der Waals surface area contributed by atoms with Gasteiger partial charge in [0.05, 0.1) is 17.4 Å². The van der Waals surface area contributed by atoms with Crippen LogP contribution in [0.15, 0.2) is 60.7 Å². The van der Waals surface area contributed by atoms with Gasteiger partial charge in [-0.05, 0) is 47.5 Å². The van der Waals surface area contributed by atoms with Crippen LogP contribution in [0.3, 0.4) is 0 Å². The molecule has 1 amide bonds. The molecule has 0 spiro atoms. The topological polar surface area (TPSA) is 81.5 Å². The minimum Gasteiger partial charge on any atom is -0.339 e. The molecule has 1 aromatic heterocycles. The summed E-state index contributed by atoms with van der Waals surface area (Å²) in [5, 5.41) is 8.85. The van der Waals surface area contributed by atoms with Crippen molar-refractivity contribution in [2.24, 2.45) is 0 Å². The van der Waals surface area contributed by atoms with Crippen molar-refractivity contribution in [3.63, 3.8) is 0 Å². The van der Waals surface area contributed by atoms with E-state index in [2.05, 4.69) is 4.90 Å². The highest BCUT2D eigenvalue weighted by Gasteiger charge is 2.26. The largest absolute Gasteiger partial charge is 0.339 e. The molecule has 1 aliphatic rings. The third kappa shape index (κ3) is 6.29. The molecule has 0 radical (unpaired) electrons. The predicted molar refractivity (Wildman–Crippen MR) is 130 cm³/mol. The number of hydrogen-bond acceptors (Lipinski definition) is 6. The lowest BCUT2D eigenvalue weighted by atomic mass is 10.2. The van der Waals surface area contributed by atoms with E-state index in [9.17, 15) is 17.6 Å². The summed E-state index contributed by atoms with van der Waals surface area (Å²) in [4.78, 5) is 18.6. The van der Waals surface area contributed by atoms with Crippen LogP contribution in [-0.2, 0) is 26.9 Å². The molecule has 3 aromatic rings. The average molecular weight is 498 g/mol. The van der Waals surface area contributed by atoms with E-state index in [-0.39, 0.29) is 17.5 Å². The number of nitriles is 1. The Kier molecular flexibility index (Phi) is 7.41.